The Morgan fingerprint density at radius 2 is 1.85 bits per heavy atom. The molecule has 3 rings (SSSR count). The minimum Gasteiger partial charge on any atom is -0.496 e. The number of thioether (sulfide) groups is 1. The monoisotopic (exact) mass is 371 g/mol. The molecule has 1 heterocycles. The third kappa shape index (κ3) is 3.55. The number of benzene rings is 2. The van der Waals surface area contributed by atoms with Crippen LogP contribution >= 0.6 is 11.8 Å². The van der Waals surface area contributed by atoms with E-state index in [9.17, 15) is 14.7 Å². The lowest BCUT2D eigenvalue weighted by Gasteiger charge is -2.31. The molecule has 2 aromatic carbocycles. The summed E-state index contributed by atoms with van der Waals surface area (Å²) in [7, 11) is 1.58. The van der Waals surface area contributed by atoms with Gasteiger partial charge in [-0.1, -0.05) is 48.5 Å². The fourth-order valence-electron chi connectivity index (χ4n) is 3.20. The van der Waals surface area contributed by atoms with Crippen LogP contribution in [-0.4, -0.2) is 40.3 Å². The highest BCUT2D eigenvalue weighted by atomic mass is 32.2. The fourth-order valence-corrected chi connectivity index (χ4v) is 4.54. The quantitative estimate of drug-likeness (QED) is 0.843. The fraction of sp³-hybridized carbons (Fsp3) is 0.300. The summed E-state index contributed by atoms with van der Waals surface area (Å²) in [5.74, 6) is -0.508. The molecule has 2 unspecified atom stereocenters. The zero-order valence-electron chi connectivity index (χ0n) is 14.7. The third-order valence-corrected chi connectivity index (χ3v) is 5.83. The Bertz CT molecular complexity index is 795. The lowest BCUT2D eigenvalue weighted by atomic mass is 10.0. The van der Waals surface area contributed by atoms with Crippen molar-refractivity contribution in [3.8, 4) is 5.75 Å². The molecule has 1 N–H and O–H groups in total. The third-order valence-electron chi connectivity index (χ3n) is 4.49. The van der Waals surface area contributed by atoms with Crippen LogP contribution in [0.15, 0.2) is 54.6 Å². The lowest BCUT2D eigenvalue weighted by Crippen LogP contribution is -2.45. The highest BCUT2D eigenvalue weighted by molar-refractivity contribution is 8.01. The number of carboxylic acid groups (broad SMARTS) is 1. The molecular weight excluding hydrogens is 350 g/mol. The largest absolute Gasteiger partial charge is 0.496 e. The number of hydrogen-bond donors (Lipinski definition) is 1. The SMILES string of the molecule is COc1ccccc1C1SC(C)C(=O)N1[C@@H](Cc1ccccc1)C(=O)O. The Labute approximate surface area is 157 Å². The number of nitrogens with zero attached hydrogens (tertiary/aromatic N) is 1. The zero-order chi connectivity index (χ0) is 18.7. The Hall–Kier alpha value is -2.47. The molecule has 0 spiro atoms. The minimum absolute atomic E-state index is 0.158. The van der Waals surface area contributed by atoms with Crippen LogP contribution in [0.2, 0.25) is 0 Å². The molecule has 0 radical (unpaired) electrons. The number of amides is 1. The number of carbonyl (C=O) groups is 2. The summed E-state index contributed by atoms with van der Waals surface area (Å²) in [6.45, 7) is 1.82. The maximum absolute atomic E-state index is 12.8. The number of carboxylic acids is 1. The summed E-state index contributed by atoms with van der Waals surface area (Å²) in [6.07, 6.45) is 0.265. The lowest BCUT2D eigenvalue weighted by molar-refractivity contribution is -0.149. The van der Waals surface area contributed by atoms with Gasteiger partial charge >= 0.3 is 5.97 Å². The summed E-state index contributed by atoms with van der Waals surface area (Å²) in [5, 5.41) is 9.16. The van der Waals surface area contributed by atoms with Crippen LogP contribution in [-0.2, 0) is 16.0 Å². The van der Waals surface area contributed by atoms with Crippen LogP contribution in [0.3, 0.4) is 0 Å². The number of methoxy groups -OCH3 is 1. The standard InChI is InChI=1S/C20H21NO4S/c1-13-18(22)21(16(20(23)24)12-14-8-4-3-5-9-14)19(26-13)15-10-6-7-11-17(15)25-2/h3-11,13,16,19H,12H2,1-2H3,(H,23,24)/t13?,16-,19?/m0/s1. The van der Waals surface area contributed by atoms with Crippen molar-refractivity contribution in [1.29, 1.82) is 0 Å². The molecule has 3 atom stereocenters. The number of aliphatic carboxylic acids is 1. The molecule has 1 aliphatic heterocycles. The van der Waals surface area contributed by atoms with E-state index >= 15 is 0 Å². The average molecular weight is 371 g/mol. The van der Waals surface area contributed by atoms with Gasteiger partial charge in [-0.3, -0.25) is 4.79 Å². The molecule has 1 amide bonds. The van der Waals surface area contributed by atoms with Gasteiger partial charge in [-0.25, -0.2) is 4.79 Å². The summed E-state index contributed by atoms with van der Waals surface area (Å²) in [5.41, 5.74) is 1.70. The van der Waals surface area contributed by atoms with Crippen LogP contribution in [0.25, 0.3) is 0 Å². The van der Waals surface area contributed by atoms with Crippen molar-refractivity contribution in [2.45, 2.75) is 30.0 Å². The van der Waals surface area contributed by atoms with Gasteiger partial charge < -0.3 is 14.7 Å². The Morgan fingerprint density at radius 1 is 1.19 bits per heavy atom. The van der Waals surface area contributed by atoms with Gasteiger partial charge in [0.25, 0.3) is 0 Å². The second kappa shape index (κ2) is 7.83. The van der Waals surface area contributed by atoms with Crippen LogP contribution in [0.5, 0.6) is 5.75 Å². The van der Waals surface area contributed by atoms with E-state index in [4.69, 9.17) is 4.74 Å². The van der Waals surface area contributed by atoms with Gasteiger partial charge in [0, 0.05) is 12.0 Å². The van der Waals surface area contributed by atoms with E-state index in [1.54, 1.807) is 7.11 Å². The highest BCUT2D eigenvalue weighted by Gasteiger charge is 2.45. The van der Waals surface area contributed by atoms with Crippen LogP contribution in [0, 0.1) is 0 Å². The van der Waals surface area contributed by atoms with E-state index in [2.05, 4.69) is 0 Å². The normalized spacial score (nSPS) is 20.8. The Balaban J connectivity index is 1.99. The molecular formula is C20H21NO4S. The van der Waals surface area contributed by atoms with Gasteiger partial charge in [0.2, 0.25) is 5.91 Å². The zero-order valence-corrected chi connectivity index (χ0v) is 15.5. The molecule has 0 bridgehead atoms. The first-order valence-electron chi connectivity index (χ1n) is 8.40. The topological polar surface area (TPSA) is 66.8 Å². The van der Waals surface area contributed by atoms with Crippen LogP contribution < -0.4 is 4.74 Å². The average Bonchev–Trinajstić information content (AvgIpc) is 2.95. The highest BCUT2D eigenvalue weighted by Crippen LogP contribution is 2.47. The van der Waals surface area contributed by atoms with E-state index in [1.165, 1.54) is 16.7 Å². The number of carbonyl (C=O) groups excluding carboxylic acids is 1. The van der Waals surface area contributed by atoms with E-state index in [-0.39, 0.29) is 17.6 Å². The predicted molar refractivity (Wildman–Crippen MR) is 101 cm³/mol. The molecule has 1 saturated heterocycles. The first kappa shape index (κ1) is 18.3. The van der Waals surface area contributed by atoms with Gasteiger partial charge in [0.05, 0.1) is 12.4 Å². The van der Waals surface area contributed by atoms with E-state index in [0.717, 1.165) is 11.1 Å². The molecule has 26 heavy (non-hydrogen) atoms. The number of rotatable bonds is 6. The second-order valence-corrected chi connectivity index (χ2v) is 7.59. The maximum atomic E-state index is 12.8. The Kier molecular flexibility index (Phi) is 5.52. The van der Waals surface area contributed by atoms with E-state index in [1.807, 2.05) is 61.5 Å². The van der Waals surface area contributed by atoms with Crippen molar-refractivity contribution in [3.05, 3.63) is 65.7 Å². The van der Waals surface area contributed by atoms with Gasteiger partial charge in [-0.2, -0.15) is 0 Å². The van der Waals surface area contributed by atoms with Gasteiger partial charge in [0.1, 0.15) is 17.2 Å². The second-order valence-electron chi connectivity index (χ2n) is 6.16. The molecule has 0 saturated carbocycles. The maximum Gasteiger partial charge on any atom is 0.326 e. The first-order valence-corrected chi connectivity index (χ1v) is 9.34. The number of para-hydroxylation sites is 1. The van der Waals surface area contributed by atoms with Crippen LogP contribution in [0.1, 0.15) is 23.4 Å². The van der Waals surface area contributed by atoms with Crippen molar-refractivity contribution in [3.63, 3.8) is 0 Å². The van der Waals surface area contributed by atoms with Crippen molar-refractivity contribution in [2.75, 3.05) is 7.11 Å². The number of ether oxygens (including phenoxy) is 1. The molecule has 5 nitrogen and oxygen atoms in total. The molecule has 136 valence electrons. The summed E-state index contributed by atoms with van der Waals surface area (Å²) < 4.78 is 5.44. The molecule has 1 fully saturated rings. The molecule has 2 aromatic rings. The predicted octanol–water partition coefficient (Wildman–Crippen LogP) is 3.35. The smallest absolute Gasteiger partial charge is 0.326 e. The van der Waals surface area contributed by atoms with Crippen molar-refractivity contribution in [2.24, 2.45) is 0 Å². The first-order chi connectivity index (χ1) is 12.5. The van der Waals surface area contributed by atoms with Crippen molar-refractivity contribution < 1.29 is 19.4 Å². The van der Waals surface area contributed by atoms with Gasteiger partial charge in [0.15, 0.2) is 0 Å². The molecule has 6 heteroatoms. The number of hydrogen-bond acceptors (Lipinski definition) is 4. The Morgan fingerprint density at radius 3 is 2.50 bits per heavy atom. The summed E-state index contributed by atoms with van der Waals surface area (Å²) in [6, 6.07) is 15.9. The van der Waals surface area contributed by atoms with E-state index < -0.39 is 17.4 Å². The van der Waals surface area contributed by atoms with Crippen molar-refractivity contribution >= 4 is 23.6 Å². The van der Waals surface area contributed by atoms with Gasteiger partial charge in [-0.05, 0) is 18.6 Å². The molecule has 0 aromatic heterocycles. The summed E-state index contributed by atoms with van der Waals surface area (Å²) in [4.78, 5) is 26.4. The van der Waals surface area contributed by atoms with Crippen LogP contribution in [0.4, 0.5) is 0 Å². The summed E-state index contributed by atoms with van der Waals surface area (Å²) >= 11 is 1.45. The van der Waals surface area contributed by atoms with Crippen molar-refractivity contribution in [1.82, 2.24) is 4.90 Å². The molecule has 0 aliphatic carbocycles. The van der Waals surface area contributed by atoms with E-state index in [0.29, 0.717) is 5.75 Å². The van der Waals surface area contributed by atoms with Gasteiger partial charge in [-0.15, -0.1) is 11.8 Å². The molecule has 1 aliphatic rings. The minimum atomic E-state index is -1.00.